The van der Waals surface area contributed by atoms with E-state index >= 15 is 0 Å². The minimum Gasteiger partial charge on any atom is -0.494 e. The van der Waals surface area contributed by atoms with Crippen LogP contribution in [-0.4, -0.2) is 34.9 Å². The summed E-state index contributed by atoms with van der Waals surface area (Å²) in [5, 5.41) is 0.557. The van der Waals surface area contributed by atoms with Gasteiger partial charge in [0.05, 0.1) is 24.8 Å². The number of aromatic nitrogens is 2. The summed E-state index contributed by atoms with van der Waals surface area (Å²) in [4.78, 5) is 31.6. The third-order valence-corrected chi connectivity index (χ3v) is 5.37. The highest BCUT2D eigenvalue weighted by Gasteiger charge is 2.38. The Hall–Kier alpha value is -3.12. The smallest absolute Gasteiger partial charge is 0.238 e. The summed E-state index contributed by atoms with van der Waals surface area (Å²) < 4.78 is 7.40. The van der Waals surface area contributed by atoms with Crippen molar-refractivity contribution in [1.82, 2.24) is 9.55 Å². The number of nitrogens with zero attached hydrogens (tertiary/aromatic N) is 3. The maximum atomic E-state index is 13.0. The van der Waals surface area contributed by atoms with E-state index in [2.05, 4.69) is 4.98 Å². The molecule has 1 saturated heterocycles. The van der Waals surface area contributed by atoms with Gasteiger partial charge >= 0.3 is 0 Å². The molecule has 1 amide bonds. The number of rotatable bonds is 5. The van der Waals surface area contributed by atoms with Crippen LogP contribution in [-0.2, 0) is 4.79 Å². The van der Waals surface area contributed by atoms with E-state index < -0.39 is 5.92 Å². The number of halogens is 1. The molecule has 1 atom stereocenters. The molecule has 0 saturated carbocycles. The molecule has 1 fully saturated rings. The summed E-state index contributed by atoms with van der Waals surface area (Å²) in [5.74, 6) is -0.428. The van der Waals surface area contributed by atoms with E-state index in [0.717, 1.165) is 11.4 Å². The minimum absolute atomic E-state index is 0.174. The molecule has 1 aliphatic heterocycles. The second-order valence-corrected chi connectivity index (χ2v) is 7.42. The van der Waals surface area contributed by atoms with Crippen molar-refractivity contribution in [1.29, 1.82) is 0 Å². The number of hydrogen-bond acceptors (Lipinski definition) is 4. The fourth-order valence-corrected chi connectivity index (χ4v) is 3.72. The van der Waals surface area contributed by atoms with Crippen molar-refractivity contribution in [2.75, 3.05) is 18.6 Å². The van der Waals surface area contributed by atoms with Crippen molar-refractivity contribution in [3.05, 3.63) is 71.3 Å². The molecule has 29 heavy (non-hydrogen) atoms. The van der Waals surface area contributed by atoms with Gasteiger partial charge in [-0.05, 0) is 49.7 Å². The Labute approximate surface area is 173 Å². The largest absolute Gasteiger partial charge is 0.494 e. The summed E-state index contributed by atoms with van der Waals surface area (Å²) in [5.41, 5.74) is 2.93. The van der Waals surface area contributed by atoms with Crippen molar-refractivity contribution in [3.8, 4) is 11.4 Å². The number of carbonyl (C=O) groups excluding carboxylic acids is 2. The second kappa shape index (κ2) is 7.72. The van der Waals surface area contributed by atoms with Crippen LogP contribution in [0.15, 0.2) is 55.0 Å². The minimum atomic E-state index is -0.682. The van der Waals surface area contributed by atoms with Crippen LogP contribution in [0.5, 0.6) is 5.75 Å². The standard InChI is InChI=1S/C22H20ClN3O3/c1-14-12-25(13-24-14)19-8-7-17(11-20(19)29-2)26-10-9-18(22(26)28)21(27)15-3-5-16(23)6-4-15/h3-8,11-13,18H,9-10H2,1-2H3. The number of hydrogen-bond donors (Lipinski definition) is 0. The first-order valence-electron chi connectivity index (χ1n) is 9.28. The van der Waals surface area contributed by atoms with E-state index in [9.17, 15) is 9.59 Å². The van der Waals surface area contributed by atoms with E-state index in [0.29, 0.717) is 35.0 Å². The average Bonchev–Trinajstić information content (AvgIpc) is 3.33. The van der Waals surface area contributed by atoms with Gasteiger partial charge < -0.3 is 14.2 Å². The third-order valence-electron chi connectivity index (χ3n) is 5.12. The zero-order valence-corrected chi connectivity index (χ0v) is 16.9. The van der Waals surface area contributed by atoms with E-state index in [-0.39, 0.29) is 11.7 Å². The van der Waals surface area contributed by atoms with Crippen molar-refractivity contribution in [2.24, 2.45) is 5.92 Å². The number of imidazole rings is 1. The van der Waals surface area contributed by atoms with Gasteiger partial charge in [-0.3, -0.25) is 9.59 Å². The first-order valence-corrected chi connectivity index (χ1v) is 9.66. The topological polar surface area (TPSA) is 64.4 Å². The highest BCUT2D eigenvalue weighted by Crippen LogP contribution is 2.33. The van der Waals surface area contributed by atoms with Gasteiger partial charge in [0, 0.05) is 35.1 Å². The molecule has 4 rings (SSSR count). The Morgan fingerprint density at radius 2 is 1.97 bits per heavy atom. The molecule has 148 valence electrons. The fourth-order valence-electron chi connectivity index (χ4n) is 3.60. The van der Waals surface area contributed by atoms with Crippen molar-refractivity contribution in [2.45, 2.75) is 13.3 Å². The number of amides is 1. The molecular weight excluding hydrogens is 390 g/mol. The molecule has 7 heteroatoms. The van der Waals surface area contributed by atoms with Crippen LogP contribution in [0.1, 0.15) is 22.5 Å². The number of methoxy groups -OCH3 is 1. The maximum absolute atomic E-state index is 13.0. The highest BCUT2D eigenvalue weighted by atomic mass is 35.5. The van der Waals surface area contributed by atoms with Gasteiger partial charge in [-0.15, -0.1) is 0 Å². The normalized spacial score (nSPS) is 16.3. The van der Waals surface area contributed by atoms with Crippen molar-refractivity contribution < 1.29 is 14.3 Å². The van der Waals surface area contributed by atoms with Crippen LogP contribution in [0.4, 0.5) is 5.69 Å². The summed E-state index contributed by atoms with van der Waals surface area (Å²) >= 11 is 5.89. The molecule has 0 aliphatic carbocycles. The fraction of sp³-hybridized carbons (Fsp3) is 0.227. The average molecular weight is 410 g/mol. The predicted octanol–water partition coefficient (Wildman–Crippen LogP) is 4.08. The quantitative estimate of drug-likeness (QED) is 0.470. The van der Waals surface area contributed by atoms with Crippen LogP contribution in [0.2, 0.25) is 5.02 Å². The summed E-state index contributed by atoms with van der Waals surface area (Å²) in [7, 11) is 1.59. The third kappa shape index (κ3) is 3.63. The molecule has 2 aromatic carbocycles. The van der Waals surface area contributed by atoms with Crippen LogP contribution in [0, 0.1) is 12.8 Å². The first kappa shape index (κ1) is 19.2. The lowest BCUT2D eigenvalue weighted by Crippen LogP contribution is -2.30. The molecule has 0 radical (unpaired) electrons. The molecule has 0 bridgehead atoms. The Morgan fingerprint density at radius 1 is 1.21 bits per heavy atom. The van der Waals surface area contributed by atoms with Crippen LogP contribution < -0.4 is 9.64 Å². The molecule has 2 heterocycles. The monoisotopic (exact) mass is 409 g/mol. The van der Waals surface area contributed by atoms with Gasteiger partial charge in [0.15, 0.2) is 5.78 Å². The molecule has 1 aromatic heterocycles. The summed E-state index contributed by atoms with van der Waals surface area (Å²) in [6.07, 6.45) is 4.10. The van der Waals surface area contributed by atoms with Gasteiger partial charge in [0.2, 0.25) is 5.91 Å². The zero-order valence-electron chi connectivity index (χ0n) is 16.1. The second-order valence-electron chi connectivity index (χ2n) is 6.98. The van der Waals surface area contributed by atoms with Gasteiger partial charge in [-0.25, -0.2) is 4.98 Å². The zero-order chi connectivity index (χ0) is 20.5. The Balaban J connectivity index is 1.58. The lowest BCUT2D eigenvalue weighted by molar-refractivity contribution is -0.119. The lowest BCUT2D eigenvalue weighted by Gasteiger charge is -2.19. The predicted molar refractivity (Wildman–Crippen MR) is 111 cm³/mol. The molecule has 1 aliphatic rings. The van der Waals surface area contributed by atoms with Gasteiger partial charge in [-0.2, -0.15) is 0 Å². The lowest BCUT2D eigenvalue weighted by atomic mass is 9.96. The van der Waals surface area contributed by atoms with E-state index in [1.807, 2.05) is 35.9 Å². The number of aryl methyl sites for hydroxylation is 1. The van der Waals surface area contributed by atoms with E-state index in [4.69, 9.17) is 16.3 Å². The Bertz CT molecular complexity index is 1080. The number of Topliss-reactive ketones (excluding diaryl/α,β-unsaturated/α-hetero) is 1. The van der Waals surface area contributed by atoms with Crippen LogP contribution in [0.3, 0.4) is 0 Å². The van der Waals surface area contributed by atoms with Crippen molar-refractivity contribution in [3.63, 3.8) is 0 Å². The van der Waals surface area contributed by atoms with Crippen LogP contribution >= 0.6 is 11.6 Å². The first-order chi connectivity index (χ1) is 14.0. The summed E-state index contributed by atoms with van der Waals surface area (Å²) in [6, 6.07) is 12.2. The summed E-state index contributed by atoms with van der Waals surface area (Å²) in [6.45, 7) is 2.40. The number of carbonyl (C=O) groups is 2. The number of ether oxygens (including phenoxy) is 1. The van der Waals surface area contributed by atoms with Gasteiger partial charge in [0.1, 0.15) is 11.7 Å². The van der Waals surface area contributed by atoms with Crippen LogP contribution in [0.25, 0.3) is 5.69 Å². The van der Waals surface area contributed by atoms with E-state index in [1.54, 1.807) is 42.6 Å². The molecule has 3 aromatic rings. The molecular formula is C22H20ClN3O3. The Kier molecular flexibility index (Phi) is 5.11. The molecule has 6 nitrogen and oxygen atoms in total. The molecule has 0 N–H and O–H groups in total. The molecule has 0 spiro atoms. The maximum Gasteiger partial charge on any atom is 0.238 e. The van der Waals surface area contributed by atoms with E-state index in [1.165, 1.54) is 0 Å². The molecule has 1 unspecified atom stereocenters. The van der Waals surface area contributed by atoms with Gasteiger partial charge in [-0.1, -0.05) is 11.6 Å². The number of anilines is 1. The number of ketones is 1. The van der Waals surface area contributed by atoms with Crippen molar-refractivity contribution >= 4 is 29.0 Å². The van der Waals surface area contributed by atoms with Gasteiger partial charge in [0.25, 0.3) is 0 Å². The SMILES string of the molecule is COc1cc(N2CCC(C(=O)c3ccc(Cl)cc3)C2=O)ccc1-n1cnc(C)c1. The highest BCUT2D eigenvalue weighted by molar-refractivity contribution is 6.30. The number of benzene rings is 2. The Morgan fingerprint density at radius 3 is 2.62 bits per heavy atom.